The first-order valence-corrected chi connectivity index (χ1v) is 6.82. The summed E-state index contributed by atoms with van der Waals surface area (Å²) in [5.41, 5.74) is 7.26. The molecule has 2 heteroatoms. The normalized spacial score (nSPS) is 16.6. The fraction of sp³-hybridized carbons (Fsp3) is 0.625. The molecule has 0 bridgehead atoms. The molecule has 0 saturated heterocycles. The summed E-state index contributed by atoms with van der Waals surface area (Å²) < 4.78 is 12.8. The Morgan fingerprint density at radius 1 is 1.17 bits per heavy atom. The van der Waals surface area contributed by atoms with E-state index >= 15 is 0 Å². The average molecular weight is 251 g/mol. The number of benzene rings is 1. The Labute approximate surface area is 111 Å². The van der Waals surface area contributed by atoms with Crippen LogP contribution < -0.4 is 5.73 Å². The highest BCUT2D eigenvalue weighted by molar-refractivity contribution is 5.18. The maximum absolute atomic E-state index is 12.8. The lowest BCUT2D eigenvalue weighted by Gasteiger charge is -2.29. The first-order valence-electron chi connectivity index (χ1n) is 6.82. The maximum Gasteiger partial charge on any atom is 0.123 e. The van der Waals surface area contributed by atoms with E-state index in [2.05, 4.69) is 27.7 Å². The molecule has 0 heterocycles. The summed E-state index contributed by atoms with van der Waals surface area (Å²) in [6, 6.07) is 6.66. The van der Waals surface area contributed by atoms with E-state index in [0.29, 0.717) is 11.8 Å². The van der Waals surface area contributed by atoms with Crippen molar-refractivity contribution in [2.45, 2.75) is 52.5 Å². The van der Waals surface area contributed by atoms with Crippen LogP contribution in [0.25, 0.3) is 0 Å². The predicted octanol–water partition coefficient (Wildman–Crippen LogP) is 4.16. The van der Waals surface area contributed by atoms with Gasteiger partial charge < -0.3 is 5.73 Å². The SMILES string of the molecule is CC(C)CC(C)CC(C)(N)Cc1ccc(F)cc1. The van der Waals surface area contributed by atoms with E-state index in [9.17, 15) is 4.39 Å². The van der Waals surface area contributed by atoms with E-state index in [-0.39, 0.29) is 11.4 Å². The lowest BCUT2D eigenvalue weighted by atomic mass is 9.82. The van der Waals surface area contributed by atoms with E-state index < -0.39 is 0 Å². The van der Waals surface area contributed by atoms with Gasteiger partial charge in [0.05, 0.1) is 0 Å². The summed E-state index contributed by atoms with van der Waals surface area (Å²) in [6.07, 6.45) is 3.01. The van der Waals surface area contributed by atoms with E-state index in [4.69, 9.17) is 5.73 Å². The minimum atomic E-state index is -0.216. The van der Waals surface area contributed by atoms with Gasteiger partial charge in [-0.05, 0) is 55.7 Å². The molecule has 0 amide bonds. The van der Waals surface area contributed by atoms with Gasteiger partial charge in [-0.3, -0.25) is 0 Å². The molecule has 2 unspecified atom stereocenters. The molecule has 2 N–H and O–H groups in total. The summed E-state index contributed by atoms with van der Waals surface area (Å²) in [7, 11) is 0. The molecule has 2 atom stereocenters. The number of rotatable bonds is 6. The van der Waals surface area contributed by atoms with Crippen LogP contribution in [0.2, 0.25) is 0 Å². The minimum Gasteiger partial charge on any atom is -0.325 e. The van der Waals surface area contributed by atoms with Crippen LogP contribution in [0.15, 0.2) is 24.3 Å². The lowest BCUT2D eigenvalue weighted by molar-refractivity contribution is 0.314. The van der Waals surface area contributed by atoms with E-state index in [1.165, 1.54) is 18.6 Å². The van der Waals surface area contributed by atoms with Crippen molar-refractivity contribution in [3.05, 3.63) is 35.6 Å². The van der Waals surface area contributed by atoms with Crippen LogP contribution in [0.5, 0.6) is 0 Å². The van der Waals surface area contributed by atoms with Crippen LogP contribution in [0, 0.1) is 17.7 Å². The zero-order valence-corrected chi connectivity index (χ0v) is 12.0. The molecule has 0 aromatic heterocycles. The fourth-order valence-electron chi connectivity index (χ4n) is 2.82. The molecular formula is C16H26FN. The van der Waals surface area contributed by atoms with E-state index in [0.717, 1.165) is 18.4 Å². The Morgan fingerprint density at radius 3 is 2.22 bits per heavy atom. The first kappa shape index (κ1) is 15.2. The molecule has 0 aliphatic rings. The first-order chi connectivity index (χ1) is 8.28. The summed E-state index contributed by atoms with van der Waals surface area (Å²) in [6.45, 7) is 8.83. The number of hydrogen-bond donors (Lipinski definition) is 1. The van der Waals surface area contributed by atoms with Crippen LogP contribution in [0.1, 0.15) is 46.1 Å². The smallest absolute Gasteiger partial charge is 0.123 e. The van der Waals surface area contributed by atoms with Crippen molar-refractivity contribution in [2.75, 3.05) is 0 Å². The van der Waals surface area contributed by atoms with Crippen molar-refractivity contribution >= 4 is 0 Å². The molecule has 0 aliphatic carbocycles. The van der Waals surface area contributed by atoms with Gasteiger partial charge in [-0.2, -0.15) is 0 Å². The third-order valence-electron chi connectivity index (χ3n) is 3.21. The summed E-state index contributed by atoms with van der Waals surface area (Å²) in [5.74, 6) is 1.15. The van der Waals surface area contributed by atoms with Crippen molar-refractivity contribution in [1.29, 1.82) is 0 Å². The number of halogens is 1. The fourth-order valence-corrected chi connectivity index (χ4v) is 2.82. The predicted molar refractivity (Wildman–Crippen MR) is 75.9 cm³/mol. The molecule has 1 aromatic rings. The standard InChI is InChI=1S/C16H26FN/c1-12(2)9-13(3)10-16(4,18)11-14-5-7-15(17)8-6-14/h5-8,12-13H,9-11,18H2,1-4H3. The van der Waals surface area contributed by atoms with E-state index in [1.807, 2.05) is 12.1 Å². The molecule has 1 rings (SSSR count). The van der Waals surface area contributed by atoms with Gasteiger partial charge in [0.2, 0.25) is 0 Å². The van der Waals surface area contributed by atoms with Crippen molar-refractivity contribution in [3.63, 3.8) is 0 Å². The van der Waals surface area contributed by atoms with Crippen LogP contribution in [0.4, 0.5) is 4.39 Å². The molecule has 0 aliphatic heterocycles. The molecule has 0 fully saturated rings. The molecule has 0 spiro atoms. The number of hydrogen-bond acceptors (Lipinski definition) is 1. The van der Waals surface area contributed by atoms with Gasteiger partial charge in [0.15, 0.2) is 0 Å². The molecule has 0 radical (unpaired) electrons. The zero-order chi connectivity index (χ0) is 13.8. The largest absolute Gasteiger partial charge is 0.325 e. The van der Waals surface area contributed by atoms with Crippen LogP contribution in [0.3, 0.4) is 0 Å². The second kappa shape index (κ2) is 6.33. The molecule has 1 aromatic carbocycles. The van der Waals surface area contributed by atoms with Gasteiger partial charge in [0.25, 0.3) is 0 Å². The Balaban J connectivity index is 2.55. The lowest BCUT2D eigenvalue weighted by Crippen LogP contribution is -2.40. The summed E-state index contributed by atoms with van der Waals surface area (Å²) in [5, 5.41) is 0. The molecule has 102 valence electrons. The maximum atomic E-state index is 12.8. The Bertz CT molecular complexity index is 354. The molecule has 1 nitrogen and oxygen atoms in total. The van der Waals surface area contributed by atoms with Gasteiger partial charge in [-0.25, -0.2) is 4.39 Å². The van der Waals surface area contributed by atoms with Crippen LogP contribution >= 0.6 is 0 Å². The van der Waals surface area contributed by atoms with Crippen LogP contribution in [-0.2, 0) is 6.42 Å². The second-order valence-corrected chi connectivity index (χ2v) is 6.40. The molecular weight excluding hydrogens is 225 g/mol. The average Bonchev–Trinajstić information content (AvgIpc) is 2.18. The Morgan fingerprint density at radius 2 is 1.72 bits per heavy atom. The molecule has 0 saturated carbocycles. The van der Waals surface area contributed by atoms with Crippen molar-refractivity contribution in [2.24, 2.45) is 17.6 Å². The van der Waals surface area contributed by atoms with Gasteiger partial charge >= 0.3 is 0 Å². The van der Waals surface area contributed by atoms with E-state index in [1.54, 1.807) is 0 Å². The third-order valence-corrected chi connectivity index (χ3v) is 3.21. The second-order valence-electron chi connectivity index (χ2n) is 6.40. The Hall–Kier alpha value is -0.890. The van der Waals surface area contributed by atoms with Crippen LogP contribution in [-0.4, -0.2) is 5.54 Å². The Kier molecular flexibility index (Phi) is 5.33. The van der Waals surface area contributed by atoms with Gasteiger partial charge in [0.1, 0.15) is 5.82 Å². The van der Waals surface area contributed by atoms with Gasteiger partial charge in [-0.15, -0.1) is 0 Å². The number of nitrogens with two attached hydrogens (primary N) is 1. The third kappa shape index (κ3) is 5.63. The zero-order valence-electron chi connectivity index (χ0n) is 12.0. The summed E-state index contributed by atoms with van der Waals surface area (Å²) >= 11 is 0. The quantitative estimate of drug-likeness (QED) is 0.807. The van der Waals surface area contributed by atoms with Crippen molar-refractivity contribution in [1.82, 2.24) is 0 Å². The van der Waals surface area contributed by atoms with Gasteiger partial charge in [0, 0.05) is 5.54 Å². The van der Waals surface area contributed by atoms with Crippen molar-refractivity contribution in [3.8, 4) is 0 Å². The van der Waals surface area contributed by atoms with Crippen molar-refractivity contribution < 1.29 is 4.39 Å². The topological polar surface area (TPSA) is 26.0 Å². The highest BCUT2D eigenvalue weighted by atomic mass is 19.1. The highest BCUT2D eigenvalue weighted by Gasteiger charge is 2.22. The van der Waals surface area contributed by atoms with Gasteiger partial charge in [-0.1, -0.05) is 32.9 Å². The highest BCUT2D eigenvalue weighted by Crippen LogP contribution is 2.23. The molecule has 18 heavy (non-hydrogen) atoms. The summed E-state index contributed by atoms with van der Waals surface area (Å²) in [4.78, 5) is 0. The minimum absolute atomic E-state index is 0.189. The monoisotopic (exact) mass is 251 g/mol.